The lowest BCUT2D eigenvalue weighted by atomic mass is 10.2. The molecule has 0 heterocycles. The zero-order valence-electron chi connectivity index (χ0n) is 13.4. The normalized spacial score (nSPS) is 10.2. The summed E-state index contributed by atoms with van der Waals surface area (Å²) in [6, 6.07) is 12.9. The molecule has 0 aromatic heterocycles. The van der Waals surface area contributed by atoms with Crippen molar-refractivity contribution < 1.29 is 9.53 Å². The Hall–Kier alpha value is -2.20. The average Bonchev–Trinajstić information content (AvgIpc) is 2.54. The Kier molecular flexibility index (Phi) is 6.29. The summed E-state index contributed by atoms with van der Waals surface area (Å²) in [6.45, 7) is 4.84. The van der Waals surface area contributed by atoms with Crippen LogP contribution in [0.15, 0.2) is 42.5 Å². The van der Waals surface area contributed by atoms with Gasteiger partial charge in [-0.25, -0.2) is 0 Å². The molecule has 0 saturated carbocycles. The van der Waals surface area contributed by atoms with Gasteiger partial charge in [-0.05, 0) is 43.2 Å². The fourth-order valence-electron chi connectivity index (χ4n) is 2.05. The number of benzene rings is 2. The third-order valence-corrected chi connectivity index (χ3v) is 3.46. The number of amides is 1. The van der Waals surface area contributed by atoms with E-state index in [1.807, 2.05) is 49.4 Å². The number of ether oxygens (including phenoxy) is 1. The predicted molar refractivity (Wildman–Crippen MR) is 95.5 cm³/mol. The second-order valence-corrected chi connectivity index (χ2v) is 5.67. The van der Waals surface area contributed by atoms with Gasteiger partial charge in [0.1, 0.15) is 5.75 Å². The minimum absolute atomic E-state index is 0.128. The first-order chi connectivity index (χ1) is 11.1. The van der Waals surface area contributed by atoms with Crippen LogP contribution in [0.2, 0.25) is 5.02 Å². The Morgan fingerprint density at radius 2 is 2.04 bits per heavy atom. The molecule has 2 aromatic rings. The van der Waals surface area contributed by atoms with Gasteiger partial charge in [-0.3, -0.25) is 4.79 Å². The Labute approximate surface area is 141 Å². The summed E-state index contributed by atoms with van der Waals surface area (Å²) < 4.78 is 5.55. The fourth-order valence-corrected chi connectivity index (χ4v) is 2.22. The lowest BCUT2D eigenvalue weighted by Gasteiger charge is -2.11. The summed E-state index contributed by atoms with van der Waals surface area (Å²) >= 11 is 5.97. The molecule has 122 valence electrons. The van der Waals surface area contributed by atoms with Gasteiger partial charge in [0.2, 0.25) is 5.91 Å². The lowest BCUT2D eigenvalue weighted by Crippen LogP contribution is -2.22. The first kappa shape index (κ1) is 17.2. The van der Waals surface area contributed by atoms with Crippen molar-refractivity contribution in [3.8, 4) is 5.75 Å². The monoisotopic (exact) mass is 332 g/mol. The number of hydrogen-bond donors (Lipinski definition) is 2. The maximum Gasteiger partial charge on any atom is 0.243 e. The summed E-state index contributed by atoms with van der Waals surface area (Å²) in [7, 11) is 0. The van der Waals surface area contributed by atoms with Crippen molar-refractivity contribution in [3.63, 3.8) is 0 Å². The van der Waals surface area contributed by atoms with Crippen LogP contribution in [-0.2, 0) is 4.79 Å². The number of aryl methyl sites for hydroxylation is 1. The van der Waals surface area contributed by atoms with Gasteiger partial charge in [-0.2, -0.15) is 0 Å². The van der Waals surface area contributed by atoms with Gasteiger partial charge in [0.15, 0.2) is 0 Å². The third-order valence-electron chi connectivity index (χ3n) is 3.23. The average molecular weight is 333 g/mol. The molecule has 0 spiro atoms. The van der Waals surface area contributed by atoms with E-state index in [1.54, 1.807) is 0 Å². The van der Waals surface area contributed by atoms with Gasteiger partial charge in [0.25, 0.3) is 0 Å². The summed E-state index contributed by atoms with van der Waals surface area (Å²) in [5.74, 6) is 0.625. The fraction of sp³-hybridized carbons (Fsp3) is 0.278. The molecule has 0 atom stereocenters. The largest absolute Gasteiger partial charge is 0.494 e. The number of carbonyl (C=O) groups is 1. The van der Waals surface area contributed by atoms with E-state index in [9.17, 15) is 4.79 Å². The Bertz CT molecular complexity index is 674. The zero-order valence-corrected chi connectivity index (χ0v) is 14.1. The Morgan fingerprint density at radius 1 is 1.22 bits per heavy atom. The molecule has 4 nitrogen and oxygen atoms in total. The van der Waals surface area contributed by atoms with Crippen molar-refractivity contribution in [1.82, 2.24) is 0 Å². The van der Waals surface area contributed by atoms with Crippen molar-refractivity contribution in [2.24, 2.45) is 0 Å². The third kappa shape index (κ3) is 5.49. The van der Waals surface area contributed by atoms with Gasteiger partial charge >= 0.3 is 0 Å². The second kappa shape index (κ2) is 8.44. The van der Waals surface area contributed by atoms with Crippen LogP contribution in [0.25, 0.3) is 0 Å². The molecule has 2 aromatic carbocycles. The topological polar surface area (TPSA) is 50.4 Å². The van der Waals surface area contributed by atoms with E-state index in [4.69, 9.17) is 16.3 Å². The Morgan fingerprint density at radius 3 is 2.83 bits per heavy atom. The van der Waals surface area contributed by atoms with Gasteiger partial charge in [-0.1, -0.05) is 30.7 Å². The van der Waals surface area contributed by atoms with E-state index in [0.717, 1.165) is 23.4 Å². The van der Waals surface area contributed by atoms with Gasteiger partial charge < -0.3 is 15.4 Å². The van der Waals surface area contributed by atoms with Gasteiger partial charge in [0, 0.05) is 22.5 Å². The van der Waals surface area contributed by atoms with E-state index < -0.39 is 0 Å². The molecule has 2 N–H and O–H groups in total. The number of nitrogens with one attached hydrogen (secondary N) is 2. The molecule has 0 unspecified atom stereocenters. The van der Waals surface area contributed by atoms with Crippen LogP contribution in [0.1, 0.15) is 18.9 Å². The van der Waals surface area contributed by atoms with Crippen molar-refractivity contribution in [2.45, 2.75) is 20.3 Å². The first-order valence-corrected chi connectivity index (χ1v) is 7.99. The van der Waals surface area contributed by atoms with Crippen LogP contribution in [0.4, 0.5) is 11.4 Å². The summed E-state index contributed by atoms with van der Waals surface area (Å²) in [5.41, 5.74) is 2.61. The molecule has 0 saturated heterocycles. The summed E-state index contributed by atoms with van der Waals surface area (Å²) in [4.78, 5) is 12.1. The van der Waals surface area contributed by atoms with Crippen molar-refractivity contribution in [1.29, 1.82) is 0 Å². The van der Waals surface area contributed by atoms with E-state index in [1.165, 1.54) is 0 Å². The highest BCUT2D eigenvalue weighted by atomic mass is 35.5. The maximum absolute atomic E-state index is 12.1. The summed E-state index contributed by atoms with van der Waals surface area (Å²) in [5, 5.41) is 6.58. The minimum atomic E-state index is -0.128. The van der Waals surface area contributed by atoms with Crippen LogP contribution in [0.5, 0.6) is 5.75 Å². The van der Waals surface area contributed by atoms with Gasteiger partial charge in [-0.15, -0.1) is 0 Å². The highest BCUT2D eigenvalue weighted by Crippen LogP contribution is 2.20. The van der Waals surface area contributed by atoms with Gasteiger partial charge in [0.05, 0.1) is 13.2 Å². The maximum atomic E-state index is 12.1. The minimum Gasteiger partial charge on any atom is -0.494 e. The van der Waals surface area contributed by atoms with E-state index in [2.05, 4.69) is 17.6 Å². The van der Waals surface area contributed by atoms with E-state index >= 15 is 0 Å². The molecule has 0 aliphatic heterocycles. The van der Waals surface area contributed by atoms with E-state index in [-0.39, 0.29) is 12.5 Å². The predicted octanol–water partition coefficient (Wildman–Crippen LogP) is 4.49. The molecular formula is C18H21ClN2O2. The molecule has 2 rings (SSSR count). The molecule has 0 aliphatic carbocycles. The quantitative estimate of drug-likeness (QED) is 0.785. The number of hydrogen-bond acceptors (Lipinski definition) is 3. The van der Waals surface area contributed by atoms with Crippen LogP contribution >= 0.6 is 11.6 Å². The number of carbonyl (C=O) groups excluding carboxylic acids is 1. The molecular weight excluding hydrogens is 312 g/mol. The molecule has 0 fully saturated rings. The number of anilines is 2. The standard InChI is InChI=1S/C18H21ClN2O2/c1-3-9-23-16-6-4-5-15(11-16)21-18(22)12-20-17-10-14(19)8-7-13(17)2/h4-8,10-11,20H,3,9,12H2,1-2H3,(H,21,22). The van der Waals surface area contributed by atoms with Crippen molar-refractivity contribution in [3.05, 3.63) is 53.1 Å². The molecule has 0 radical (unpaired) electrons. The number of halogens is 1. The molecule has 0 aliphatic rings. The van der Waals surface area contributed by atoms with Crippen molar-refractivity contribution in [2.75, 3.05) is 23.8 Å². The first-order valence-electron chi connectivity index (χ1n) is 7.61. The zero-order chi connectivity index (χ0) is 16.7. The molecule has 1 amide bonds. The molecule has 0 bridgehead atoms. The van der Waals surface area contributed by atoms with Crippen LogP contribution in [0, 0.1) is 6.92 Å². The highest BCUT2D eigenvalue weighted by molar-refractivity contribution is 6.30. The molecule has 23 heavy (non-hydrogen) atoms. The SMILES string of the molecule is CCCOc1cccc(NC(=O)CNc2cc(Cl)ccc2C)c1. The smallest absolute Gasteiger partial charge is 0.243 e. The molecule has 5 heteroatoms. The van der Waals surface area contributed by atoms with Crippen LogP contribution in [0.3, 0.4) is 0 Å². The highest BCUT2D eigenvalue weighted by Gasteiger charge is 2.05. The summed E-state index contributed by atoms with van der Waals surface area (Å²) in [6.07, 6.45) is 0.944. The number of rotatable bonds is 7. The lowest BCUT2D eigenvalue weighted by molar-refractivity contribution is -0.114. The van der Waals surface area contributed by atoms with E-state index in [0.29, 0.717) is 17.3 Å². The van der Waals surface area contributed by atoms with Crippen LogP contribution in [-0.4, -0.2) is 19.1 Å². The Balaban J connectivity index is 1.90. The second-order valence-electron chi connectivity index (χ2n) is 5.24. The van der Waals surface area contributed by atoms with Crippen LogP contribution < -0.4 is 15.4 Å². The van der Waals surface area contributed by atoms with Crippen molar-refractivity contribution >= 4 is 28.9 Å².